The largest absolute Gasteiger partial charge is 0.352 e. The fraction of sp³-hybridized carbons (Fsp3) is 0.882. The van der Waals surface area contributed by atoms with Crippen LogP contribution in [-0.4, -0.2) is 66.4 Å². The molecular formula is C17H32Cl2N4O2. The van der Waals surface area contributed by atoms with E-state index in [1.807, 2.05) is 4.90 Å². The number of likely N-dealkylation sites (tertiary alicyclic amines) is 2. The first-order valence-corrected chi connectivity index (χ1v) is 9.14. The molecular weight excluding hydrogens is 363 g/mol. The lowest BCUT2D eigenvalue weighted by Gasteiger charge is -2.27. The predicted molar refractivity (Wildman–Crippen MR) is 103 cm³/mol. The maximum Gasteiger partial charge on any atom is 0.225 e. The summed E-state index contributed by atoms with van der Waals surface area (Å²) in [5, 5.41) is 3.07. The second kappa shape index (κ2) is 9.95. The average molecular weight is 395 g/mol. The molecule has 8 heteroatoms. The smallest absolute Gasteiger partial charge is 0.225 e. The Balaban J connectivity index is 0.00000156. The average Bonchev–Trinajstić information content (AvgIpc) is 3.19. The molecule has 0 aromatic rings. The number of halogens is 2. The lowest BCUT2D eigenvalue weighted by molar-refractivity contribution is -0.129. The minimum Gasteiger partial charge on any atom is -0.352 e. The van der Waals surface area contributed by atoms with Gasteiger partial charge in [-0.3, -0.25) is 14.5 Å². The quantitative estimate of drug-likeness (QED) is 0.675. The van der Waals surface area contributed by atoms with E-state index in [0.29, 0.717) is 31.5 Å². The van der Waals surface area contributed by atoms with Gasteiger partial charge in [-0.05, 0) is 44.7 Å². The van der Waals surface area contributed by atoms with E-state index >= 15 is 0 Å². The predicted octanol–water partition coefficient (Wildman–Crippen LogP) is 1.02. The van der Waals surface area contributed by atoms with E-state index in [9.17, 15) is 9.59 Å². The summed E-state index contributed by atoms with van der Waals surface area (Å²) in [4.78, 5) is 29.1. The molecule has 0 spiro atoms. The van der Waals surface area contributed by atoms with Crippen LogP contribution in [0.5, 0.6) is 0 Å². The Labute approximate surface area is 163 Å². The van der Waals surface area contributed by atoms with Crippen molar-refractivity contribution in [2.45, 2.75) is 51.1 Å². The molecule has 25 heavy (non-hydrogen) atoms. The van der Waals surface area contributed by atoms with Crippen molar-refractivity contribution in [2.24, 2.45) is 17.6 Å². The van der Waals surface area contributed by atoms with E-state index < -0.39 is 0 Å². The van der Waals surface area contributed by atoms with Crippen molar-refractivity contribution in [2.75, 3.05) is 32.7 Å². The van der Waals surface area contributed by atoms with Gasteiger partial charge in [0.1, 0.15) is 0 Å². The number of hydrogen-bond acceptors (Lipinski definition) is 4. The van der Waals surface area contributed by atoms with Crippen molar-refractivity contribution >= 4 is 36.6 Å². The highest BCUT2D eigenvalue weighted by Crippen LogP contribution is 2.32. The van der Waals surface area contributed by atoms with Crippen LogP contribution in [0.15, 0.2) is 0 Å². The summed E-state index contributed by atoms with van der Waals surface area (Å²) < 4.78 is 0. The third-order valence-corrected chi connectivity index (χ3v) is 5.69. The fourth-order valence-corrected chi connectivity index (χ4v) is 4.07. The highest BCUT2D eigenvalue weighted by atomic mass is 35.5. The van der Waals surface area contributed by atoms with E-state index in [1.165, 1.54) is 6.42 Å². The van der Waals surface area contributed by atoms with Crippen LogP contribution in [0.4, 0.5) is 0 Å². The van der Waals surface area contributed by atoms with Gasteiger partial charge in [0, 0.05) is 38.1 Å². The normalized spacial score (nSPS) is 27.6. The Morgan fingerprint density at radius 1 is 1.32 bits per heavy atom. The molecule has 3 aliphatic rings. The topological polar surface area (TPSA) is 78.7 Å². The van der Waals surface area contributed by atoms with Crippen LogP contribution in [0.2, 0.25) is 0 Å². The van der Waals surface area contributed by atoms with Crippen molar-refractivity contribution in [3.63, 3.8) is 0 Å². The summed E-state index contributed by atoms with van der Waals surface area (Å²) >= 11 is 0. The molecule has 0 radical (unpaired) electrons. The number of rotatable bonds is 7. The minimum absolute atomic E-state index is 0. The Bertz CT molecular complexity index is 462. The highest BCUT2D eigenvalue weighted by molar-refractivity contribution is 5.89. The zero-order valence-corrected chi connectivity index (χ0v) is 16.6. The van der Waals surface area contributed by atoms with E-state index in [2.05, 4.69) is 17.1 Å². The van der Waals surface area contributed by atoms with Gasteiger partial charge in [-0.1, -0.05) is 6.92 Å². The number of nitrogens with one attached hydrogen (secondary N) is 1. The first-order chi connectivity index (χ1) is 11.1. The molecule has 3 atom stereocenters. The van der Waals surface area contributed by atoms with Crippen LogP contribution >= 0.6 is 24.8 Å². The number of carbonyl (C=O) groups is 2. The summed E-state index contributed by atoms with van der Waals surface area (Å²) in [6, 6.07) is 0.561. The van der Waals surface area contributed by atoms with Gasteiger partial charge in [-0.15, -0.1) is 24.8 Å². The molecule has 1 saturated carbocycles. The summed E-state index contributed by atoms with van der Waals surface area (Å²) in [7, 11) is 0. The number of nitrogens with two attached hydrogens (primary N) is 1. The summed E-state index contributed by atoms with van der Waals surface area (Å²) in [5.74, 6) is 0.492. The number of hydrogen-bond donors (Lipinski definition) is 2. The van der Waals surface area contributed by atoms with Gasteiger partial charge in [0.25, 0.3) is 0 Å². The summed E-state index contributed by atoms with van der Waals surface area (Å²) in [6.45, 7) is 6.18. The first kappa shape index (κ1) is 22.5. The molecule has 0 aromatic heterocycles. The van der Waals surface area contributed by atoms with E-state index in [4.69, 9.17) is 5.73 Å². The second-order valence-electron chi connectivity index (χ2n) is 7.31. The molecule has 146 valence electrons. The fourth-order valence-electron chi connectivity index (χ4n) is 4.07. The van der Waals surface area contributed by atoms with Gasteiger partial charge in [0.05, 0.1) is 5.92 Å². The van der Waals surface area contributed by atoms with Gasteiger partial charge >= 0.3 is 0 Å². The van der Waals surface area contributed by atoms with Crippen LogP contribution in [0.1, 0.15) is 39.0 Å². The number of nitrogens with zero attached hydrogens (tertiary/aromatic N) is 2. The van der Waals surface area contributed by atoms with Crippen LogP contribution in [0.3, 0.4) is 0 Å². The third-order valence-electron chi connectivity index (χ3n) is 5.69. The molecule has 3 fully saturated rings. The molecule has 3 N–H and O–H groups in total. The molecule has 0 bridgehead atoms. The van der Waals surface area contributed by atoms with Gasteiger partial charge in [0.2, 0.25) is 11.8 Å². The molecule has 2 amide bonds. The number of likely N-dealkylation sites (N-methyl/N-ethyl adjacent to an activating group) is 1. The van der Waals surface area contributed by atoms with E-state index in [0.717, 1.165) is 38.9 Å². The van der Waals surface area contributed by atoms with Gasteiger partial charge in [-0.2, -0.15) is 0 Å². The summed E-state index contributed by atoms with van der Waals surface area (Å²) in [5.41, 5.74) is 5.76. The van der Waals surface area contributed by atoms with Crippen molar-refractivity contribution in [1.29, 1.82) is 0 Å². The van der Waals surface area contributed by atoms with Crippen molar-refractivity contribution in [3.05, 3.63) is 0 Å². The molecule has 2 heterocycles. The minimum atomic E-state index is -0.202. The monoisotopic (exact) mass is 394 g/mol. The van der Waals surface area contributed by atoms with Crippen LogP contribution in [0, 0.1) is 11.8 Å². The maximum atomic E-state index is 12.4. The first-order valence-electron chi connectivity index (χ1n) is 9.14. The van der Waals surface area contributed by atoms with Crippen molar-refractivity contribution in [1.82, 2.24) is 15.1 Å². The lowest BCUT2D eigenvalue weighted by Crippen LogP contribution is -2.45. The highest BCUT2D eigenvalue weighted by Gasteiger charge is 2.39. The van der Waals surface area contributed by atoms with Crippen molar-refractivity contribution in [3.8, 4) is 0 Å². The number of carbonyl (C=O) groups excluding carboxylic acids is 2. The van der Waals surface area contributed by atoms with E-state index in [-0.39, 0.29) is 48.6 Å². The molecule has 0 aromatic carbocycles. The molecule has 3 unspecified atom stereocenters. The van der Waals surface area contributed by atoms with E-state index in [1.54, 1.807) is 0 Å². The maximum absolute atomic E-state index is 12.4. The van der Waals surface area contributed by atoms with Crippen LogP contribution in [-0.2, 0) is 9.59 Å². The molecule has 2 saturated heterocycles. The lowest BCUT2D eigenvalue weighted by atomic mass is 10.1. The van der Waals surface area contributed by atoms with Gasteiger partial charge in [0.15, 0.2) is 0 Å². The molecule has 3 rings (SSSR count). The van der Waals surface area contributed by atoms with Crippen molar-refractivity contribution < 1.29 is 9.59 Å². The van der Waals surface area contributed by atoms with Crippen LogP contribution < -0.4 is 11.1 Å². The Kier molecular flexibility index (Phi) is 8.95. The van der Waals surface area contributed by atoms with Crippen LogP contribution in [0.25, 0.3) is 0 Å². The van der Waals surface area contributed by atoms with Gasteiger partial charge in [-0.25, -0.2) is 0 Å². The van der Waals surface area contributed by atoms with Gasteiger partial charge < -0.3 is 16.0 Å². The zero-order valence-electron chi connectivity index (χ0n) is 15.0. The number of amides is 2. The zero-order chi connectivity index (χ0) is 16.4. The Morgan fingerprint density at radius 3 is 2.64 bits per heavy atom. The molecule has 6 nitrogen and oxygen atoms in total. The Hall–Kier alpha value is -0.560. The Morgan fingerprint density at radius 2 is 2.04 bits per heavy atom. The third kappa shape index (κ3) is 5.46. The SMILES string of the molecule is CCN1CCCC1CN1CC(C(=O)NC(CN)C2CC2)CC1=O.Cl.Cl. The molecule has 1 aliphatic carbocycles. The summed E-state index contributed by atoms with van der Waals surface area (Å²) in [6.07, 6.45) is 5.04. The second-order valence-corrected chi connectivity index (χ2v) is 7.31. The molecule has 2 aliphatic heterocycles. The standard InChI is InChI=1S/C17H30N4O2.2ClH/c1-2-20-7-3-4-14(20)11-21-10-13(8-16(21)22)17(23)19-15(9-18)12-5-6-12;;/h12-15H,2-11,18H2,1H3,(H,19,23);2*1H.